The predicted octanol–water partition coefficient (Wildman–Crippen LogP) is 7.65. The van der Waals surface area contributed by atoms with Crippen molar-refractivity contribution in [3.05, 3.63) is 102 Å². The molecular formula is C27H36N2S. The lowest BCUT2D eigenvalue weighted by Gasteiger charge is -2.20. The highest BCUT2D eigenvalue weighted by Crippen LogP contribution is 2.27. The number of nitrogens with one attached hydrogen (secondary N) is 2. The first-order chi connectivity index (χ1) is 14.4. The SMILES string of the molecule is C=CC(C)CCC(=C)NSNc1cccc(CC(Cc2ccccc2)C(=C)C)c1C. The quantitative estimate of drug-likeness (QED) is 0.257. The summed E-state index contributed by atoms with van der Waals surface area (Å²) in [7, 11) is 0. The van der Waals surface area contributed by atoms with Crippen molar-refractivity contribution in [2.75, 3.05) is 4.72 Å². The normalized spacial score (nSPS) is 12.6. The van der Waals surface area contributed by atoms with Crippen LogP contribution < -0.4 is 9.44 Å². The molecule has 2 atom stereocenters. The van der Waals surface area contributed by atoms with E-state index in [9.17, 15) is 0 Å². The molecule has 0 aliphatic carbocycles. The van der Waals surface area contributed by atoms with Gasteiger partial charge in [-0.25, -0.2) is 0 Å². The van der Waals surface area contributed by atoms with Crippen LogP contribution in [0.25, 0.3) is 0 Å². The molecule has 0 saturated carbocycles. The topological polar surface area (TPSA) is 24.1 Å². The van der Waals surface area contributed by atoms with Crippen LogP contribution in [0, 0.1) is 18.8 Å². The third-order valence-corrected chi connectivity index (χ3v) is 6.31. The molecule has 2 aromatic carbocycles. The summed E-state index contributed by atoms with van der Waals surface area (Å²) in [5, 5.41) is 0. The van der Waals surface area contributed by atoms with Crippen LogP contribution in [0.1, 0.15) is 43.4 Å². The van der Waals surface area contributed by atoms with Crippen LogP contribution in [0.15, 0.2) is 85.6 Å². The van der Waals surface area contributed by atoms with E-state index in [1.165, 1.54) is 34.4 Å². The van der Waals surface area contributed by atoms with Crippen LogP contribution in [-0.2, 0) is 12.8 Å². The Morgan fingerprint density at radius 1 is 1.07 bits per heavy atom. The summed E-state index contributed by atoms with van der Waals surface area (Å²) in [5.41, 5.74) is 7.41. The summed E-state index contributed by atoms with van der Waals surface area (Å²) in [6, 6.07) is 17.2. The van der Waals surface area contributed by atoms with E-state index in [4.69, 9.17) is 0 Å². The molecule has 0 radical (unpaired) electrons. The summed E-state index contributed by atoms with van der Waals surface area (Å²) in [6.07, 6.45) is 6.01. The zero-order valence-electron chi connectivity index (χ0n) is 18.7. The first-order valence-electron chi connectivity index (χ1n) is 10.7. The average Bonchev–Trinajstić information content (AvgIpc) is 2.74. The maximum absolute atomic E-state index is 4.26. The summed E-state index contributed by atoms with van der Waals surface area (Å²) in [4.78, 5) is 0. The summed E-state index contributed by atoms with van der Waals surface area (Å²) >= 11 is 1.48. The molecule has 0 spiro atoms. The van der Waals surface area contributed by atoms with Crippen molar-refractivity contribution in [1.82, 2.24) is 4.72 Å². The largest absolute Gasteiger partial charge is 0.317 e. The first kappa shape index (κ1) is 23.9. The second-order valence-corrected chi connectivity index (χ2v) is 8.80. The molecule has 2 unspecified atom stereocenters. The zero-order chi connectivity index (χ0) is 21.9. The lowest BCUT2D eigenvalue weighted by molar-refractivity contribution is 0.606. The minimum absolute atomic E-state index is 0.429. The molecular weight excluding hydrogens is 384 g/mol. The van der Waals surface area contributed by atoms with Gasteiger partial charge >= 0.3 is 0 Å². The maximum Gasteiger partial charge on any atom is 0.0653 e. The third-order valence-electron chi connectivity index (χ3n) is 5.59. The molecule has 0 aromatic heterocycles. The van der Waals surface area contributed by atoms with Gasteiger partial charge in [0.1, 0.15) is 0 Å². The van der Waals surface area contributed by atoms with Gasteiger partial charge in [-0.3, -0.25) is 0 Å². The van der Waals surface area contributed by atoms with E-state index < -0.39 is 0 Å². The summed E-state index contributed by atoms with van der Waals surface area (Å²) in [6.45, 7) is 18.7. The molecule has 0 aliphatic rings. The van der Waals surface area contributed by atoms with Gasteiger partial charge in [0, 0.05) is 11.4 Å². The van der Waals surface area contributed by atoms with Crippen molar-refractivity contribution in [3.8, 4) is 0 Å². The Kier molecular flexibility index (Phi) is 9.82. The van der Waals surface area contributed by atoms with E-state index in [1.807, 2.05) is 6.08 Å². The standard InChI is InChI=1S/C27H36N2S/c1-7-21(4)16-17-22(5)28-30-29-27-15-11-14-25(23(27)6)19-26(20(2)3)18-24-12-9-8-10-13-24/h7-15,21,26,28-29H,1-2,5,16-19H2,3-4,6H3. The minimum Gasteiger partial charge on any atom is -0.317 e. The highest BCUT2D eigenvalue weighted by atomic mass is 32.2. The Hall–Kier alpha value is -2.39. The number of hydrogen-bond acceptors (Lipinski definition) is 3. The van der Waals surface area contributed by atoms with Gasteiger partial charge < -0.3 is 9.44 Å². The molecule has 2 N–H and O–H groups in total. The van der Waals surface area contributed by atoms with Gasteiger partial charge in [-0.1, -0.05) is 74.2 Å². The van der Waals surface area contributed by atoms with E-state index in [0.717, 1.165) is 37.1 Å². The van der Waals surface area contributed by atoms with Crippen molar-refractivity contribution in [1.29, 1.82) is 0 Å². The van der Waals surface area contributed by atoms with Gasteiger partial charge in [-0.2, -0.15) is 0 Å². The molecule has 0 bridgehead atoms. The maximum atomic E-state index is 4.26. The predicted molar refractivity (Wildman–Crippen MR) is 135 cm³/mol. The van der Waals surface area contributed by atoms with E-state index >= 15 is 0 Å². The number of hydrogen-bond donors (Lipinski definition) is 2. The molecule has 30 heavy (non-hydrogen) atoms. The van der Waals surface area contributed by atoms with Crippen LogP contribution in [0.4, 0.5) is 5.69 Å². The highest BCUT2D eigenvalue weighted by molar-refractivity contribution is 7.98. The van der Waals surface area contributed by atoms with Gasteiger partial charge in [0.25, 0.3) is 0 Å². The van der Waals surface area contributed by atoms with Crippen LogP contribution >= 0.6 is 12.1 Å². The van der Waals surface area contributed by atoms with Crippen molar-refractivity contribution in [2.24, 2.45) is 11.8 Å². The smallest absolute Gasteiger partial charge is 0.0653 e. The minimum atomic E-state index is 0.429. The molecule has 2 rings (SSSR count). The van der Waals surface area contributed by atoms with Gasteiger partial charge in [-0.05, 0) is 74.1 Å². The van der Waals surface area contributed by atoms with Gasteiger partial charge in [0.15, 0.2) is 0 Å². The van der Waals surface area contributed by atoms with Crippen LogP contribution in [-0.4, -0.2) is 0 Å². The Labute approximate surface area is 187 Å². The van der Waals surface area contributed by atoms with Crippen molar-refractivity contribution < 1.29 is 0 Å². The van der Waals surface area contributed by atoms with E-state index in [1.54, 1.807) is 0 Å². The lowest BCUT2D eigenvalue weighted by atomic mass is 9.86. The van der Waals surface area contributed by atoms with Crippen molar-refractivity contribution >= 4 is 17.8 Å². The Morgan fingerprint density at radius 2 is 1.80 bits per heavy atom. The van der Waals surface area contributed by atoms with E-state index in [2.05, 4.69) is 98.5 Å². The number of benzene rings is 2. The van der Waals surface area contributed by atoms with Gasteiger partial charge in [-0.15, -0.1) is 6.58 Å². The second kappa shape index (κ2) is 12.3. The van der Waals surface area contributed by atoms with E-state index in [-0.39, 0.29) is 0 Å². The number of rotatable bonds is 13. The third kappa shape index (κ3) is 7.79. The fourth-order valence-electron chi connectivity index (χ4n) is 3.32. The average molecular weight is 421 g/mol. The molecule has 3 heteroatoms. The fraction of sp³-hybridized carbons (Fsp3) is 0.333. The first-order valence-corrected chi connectivity index (χ1v) is 11.5. The molecule has 0 aliphatic heterocycles. The number of anilines is 1. The molecule has 0 saturated heterocycles. The Bertz CT molecular complexity index is 841. The fourth-order valence-corrected chi connectivity index (χ4v) is 3.95. The highest BCUT2D eigenvalue weighted by Gasteiger charge is 2.14. The van der Waals surface area contributed by atoms with Crippen LogP contribution in [0.5, 0.6) is 0 Å². The van der Waals surface area contributed by atoms with Crippen molar-refractivity contribution in [2.45, 2.75) is 46.5 Å². The monoisotopic (exact) mass is 420 g/mol. The van der Waals surface area contributed by atoms with Crippen molar-refractivity contribution in [3.63, 3.8) is 0 Å². The summed E-state index contributed by atoms with van der Waals surface area (Å²) in [5.74, 6) is 0.941. The molecule has 0 amide bonds. The van der Waals surface area contributed by atoms with Crippen LogP contribution in [0.3, 0.4) is 0 Å². The summed E-state index contributed by atoms with van der Waals surface area (Å²) < 4.78 is 6.75. The molecule has 0 heterocycles. The lowest BCUT2D eigenvalue weighted by Crippen LogP contribution is -2.11. The second-order valence-electron chi connectivity index (χ2n) is 8.19. The number of allylic oxidation sites excluding steroid dienone is 3. The molecule has 2 aromatic rings. The van der Waals surface area contributed by atoms with Crippen LogP contribution in [0.2, 0.25) is 0 Å². The van der Waals surface area contributed by atoms with Gasteiger partial charge in [0.2, 0.25) is 0 Å². The van der Waals surface area contributed by atoms with Gasteiger partial charge in [0.05, 0.1) is 12.1 Å². The zero-order valence-corrected chi connectivity index (χ0v) is 19.5. The Balaban J connectivity index is 1.95. The molecule has 160 valence electrons. The van der Waals surface area contributed by atoms with E-state index in [0.29, 0.717) is 11.8 Å². The molecule has 2 nitrogen and oxygen atoms in total. The Morgan fingerprint density at radius 3 is 2.47 bits per heavy atom. The molecule has 0 fully saturated rings.